The van der Waals surface area contributed by atoms with E-state index in [1.165, 1.54) is 12.0 Å². The molecule has 5 heteroatoms. The highest BCUT2D eigenvalue weighted by Gasteiger charge is 2.41. The topological polar surface area (TPSA) is 66.8 Å². The van der Waals surface area contributed by atoms with Crippen LogP contribution in [0.2, 0.25) is 0 Å². The fraction of sp³-hybridized carbons (Fsp3) is 0.800. The summed E-state index contributed by atoms with van der Waals surface area (Å²) < 4.78 is 4.60. The Morgan fingerprint density at radius 2 is 2.13 bits per heavy atom. The van der Waals surface area contributed by atoms with E-state index in [-0.39, 0.29) is 6.04 Å². The quantitative estimate of drug-likeness (QED) is 0.724. The Morgan fingerprint density at radius 1 is 1.47 bits per heavy atom. The number of ether oxygens (including phenoxy) is 1. The summed E-state index contributed by atoms with van der Waals surface area (Å²) in [5.74, 6) is -0.448. The van der Waals surface area contributed by atoms with E-state index in [1.54, 1.807) is 0 Å². The third-order valence-electron chi connectivity index (χ3n) is 2.82. The van der Waals surface area contributed by atoms with Gasteiger partial charge in [-0.3, -0.25) is 4.90 Å². The molecular weight excluding hydrogens is 198 g/mol. The van der Waals surface area contributed by atoms with Crippen LogP contribution in [0.4, 0.5) is 4.79 Å². The standard InChI is InChI=1S/C10H17NO4/c1-3-4-7-5-6-8(9(12)15-2)11(7)10(13)14/h7-8H,3-6H2,1-2H3,(H,13,14)/t7-,8-/m1/s1. The number of methoxy groups -OCH3 is 1. The first kappa shape index (κ1) is 11.8. The lowest BCUT2D eigenvalue weighted by Gasteiger charge is -2.25. The Bertz CT molecular complexity index is 254. The highest BCUT2D eigenvalue weighted by Crippen LogP contribution is 2.27. The van der Waals surface area contributed by atoms with E-state index < -0.39 is 18.1 Å². The van der Waals surface area contributed by atoms with Gasteiger partial charge in [-0.25, -0.2) is 9.59 Å². The lowest BCUT2D eigenvalue weighted by molar-refractivity contribution is -0.145. The molecule has 86 valence electrons. The van der Waals surface area contributed by atoms with Crippen LogP contribution in [0.1, 0.15) is 32.6 Å². The number of rotatable bonds is 3. The van der Waals surface area contributed by atoms with E-state index in [2.05, 4.69) is 4.74 Å². The van der Waals surface area contributed by atoms with Crippen LogP contribution in [-0.4, -0.2) is 41.3 Å². The molecule has 1 aliphatic rings. The first-order valence-corrected chi connectivity index (χ1v) is 5.20. The van der Waals surface area contributed by atoms with Crippen molar-refractivity contribution in [1.29, 1.82) is 0 Å². The van der Waals surface area contributed by atoms with Gasteiger partial charge in [0.25, 0.3) is 0 Å². The van der Waals surface area contributed by atoms with Crippen molar-refractivity contribution in [3.8, 4) is 0 Å². The fourth-order valence-electron chi connectivity index (χ4n) is 2.16. The molecule has 0 bridgehead atoms. The Hall–Kier alpha value is -1.26. The van der Waals surface area contributed by atoms with Gasteiger partial charge in [-0.05, 0) is 19.3 Å². The second-order valence-electron chi connectivity index (χ2n) is 3.75. The van der Waals surface area contributed by atoms with Gasteiger partial charge in [0, 0.05) is 6.04 Å². The minimum absolute atomic E-state index is 0.0309. The zero-order valence-electron chi connectivity index (χ0n) is 9.10. The van der Waals surface area contributed by atoms with Crippen molar-refractivity contribution in [2.24, 2.45) is 0 Å². The van der Waals surface area contributed by atoms with Gasteiger partial charge in [0.05, 0.1) is 7.11 Å². The minimum atomic E-state index is -1.03. The monoisotopic (exact) mass is 215 g/mol. The molecule has 1 heterocycles. The first-order chi connectivity index (χ1) is 7.11. The molecule has 0 aliphatic carbocycles. The summed E-state index contributed by atoms with van der Waals surface area (Å²) in [7, 11) is 1.29. The number of carboxylic acid groups (broad SMARTS) is 1. The molecule has 1 amide bonds. The number of esters is 1. The zero-order valence-corrected chi connectivity index (χ0v) is 9.10. The summed E-state index contributed by atoms with van der Waals surface area (Å²) in [5, 5.41) is 9.04. The number of hydrogen-bond acceptors (Lipinski definition) is 3. The SMILES string of the molecule is CCC[C@@H]1CC[C@H](C(=O)OC)N1C(=O)O. The highest BCUT2D eigenvalue weighted by atomic mass is 16.5. The van der Waals surface area contributed by atoms with Crippen LogP contribution in [0.25, 0.3) is 0 Å². The Kier molecular flexibility index (Phi) is 3.94. The molecule has 0 unspecified atom stereocenters. The summed E-state index contributed by atoms with van der Waals surface area (Å²) in [4.78, 5) is 23.6. The number of likely N-dealkylation sites (tertiary alicyclic amines) is 1. The van der Waals surface area contributed by atoms with E-state index >= 15 is 0 Å². The van der Waals surface area contributed by atoms with Crippen molar-refractivity contribution in [2.75, 3.05) is 7.11 Å². The molecule has 1 N–H and O–H groups in total. The van der Waals surface area contributed by atoms with E-state index in [1.807, 2.05) is 6.92 Å². The highest BCUT2D eigenvalue weighted by molar-refractivity contribution is 5.81. The van der Waals surface area contributed by atoms with E-state index in [4.69, 9.17) is 5.11 Å². The molecule has 1 fully saturated rings. The predicted octanol–water partition coefficient (Wildman–Crippen LogP) is 1.47. The van der Waals surface area contributed by atoms with Crippen molar-refractivity contribution < 1.29 is 19.4 Å². The molecule has 1 aliphatic heterocycles. The molecule has 0 spiro atoms. The van der Waals surface area contributed by atoms with Crippen LogP contribution in [0, 0.1) is 0 Å². The van der Waals surface area contributed by atoms with Gasteiger partial charge in [-0.2, -0.15) is 0 Å². The average Bonchev–Trinajstić information content (AvgIpc) is 2.61. The normalized spacial score (nSPS) is 25.3. The van der Waals surface area contributed by atoms with E-state index in [9.17, 15) is 9.59 Å². The Morgan fingerprint density at radius 3 is 2.60 bits per heavy atom. The van der Waals surface area contributed by atoms with Gasteiger partial charge >= 0.3 is 12.1 Å². The van der Waals surface area contributed by atoms with Crippen molar-refractivity contribution >= 4 is 12.1 Å². The Labute approximate surface area is 89.0 Å². The van der Waals surface area contributed by atoms with Crippen LogP contribution >= 0.6 is 0 Å². The van der Waals surface area contributed by atoms with Crippen molar-refractivity contribution in [3.05, 3.63) is 0 Å². The lowest BCUT2D eigenvalue weighted by atomic mass is 10.1. The largest absolute Gasteiger partial charge is 0.467 e. The maximum atomic E-state index is 11.4. The van der Waals surface area contributed by atoms with Crippen LogP contribution < -0.4 is 0 Å². The zero-order chi connectivity index (χ0) is 11.4. The second kappa shape index (κ2) is 5.00. The smallest absolute Gasteiger partial charge is 0.408 e. The summed E-state index contributed by atoms with van der Waals surface area (Å²) in [5.41, 5.74) is 0. The summed E-state index contributed by atoms with van der Waals surface area (Å²) in [6, 6.07) is -0.638. The molecule has 0 radical (unpaired) electrons. The van der Waals surface area contributed by atoms with Gasteiger partial charge < -0.3 is 9.84 Å². The number of carbonyl (C=O) groups excluding carboxylic acids is 1. The van der Waals surface area contributed by atoms with Crippen LogP contribution in [0.3, 0.4) is 0 Å². The fourth-order valence-corrected chi connectivity index (χ4v) is 2.16. The van der Waals surface area contributed by atoms with Crippen molar-refractivity contribution in [3.63, 3.8) is 0 Å². The second-order valence-corrected chi connectivity index (χ2v) is 3.75. The number of carbonyl (C=O) groups is 2. The van der Waals surface area contributed by atoms with E-state index in [0.29, 0.717) is 6.42 Å². The van der Waals surface area contributed by atoms with Crippen LogP contribution in [-0.2, 0) is 9.53 Å². The lowest BCUT2D eigenvalue weighted by Crippen LogP contribution is -2.44. The summed E-state index contributed by atoms with van der Waals surface area (Å²) >= 11 is 0. The third kappa shape index (κ3) is 2.40. The molecule has 0 aromatic rings. The van der Waals surface area contributed by atoms with E-state index in [0.717, 1.165) is 19.3 Å². The maximum absolute atomic E-state index is 11.4. The molecule has 2 atom stereocenters. The van der Waals surface area contributed by atoms with Crippen molar-refractivity contribution in [2.45, 2.75) is 44.7 Å². The Balaban J connectivity index is 2.75. The third-order valence-corrected chi connectivity index (χ3v) is 2.82. The van der Waals surface area contributed by atoms with Crippen LogP contribution in [0.5, 0.6) is 0 Å². The summed E-state index contributed by atoms with van der Waals surface area (Å²) in [6.45, 7) is 2.01. The van der Waals surface area contributed by atoms with Gasteiger partial charge in [-0.15, -0.1) is 0 Å². The molecule has 0 saturated carbocycles. The number of nitrogens with zero attached hydrogens (tertiary/aromatic N) is 1. The van der Waals surface area contributed by atoms with Gasteiger partial charge in [0.15, 0.2) is 0 Å². The van der Waals surface area contributed by atoms with Gasteiger partial charge in [0.2, 0.25) is 0 Å². The predicted molar refractivity (Wildman–Crippen MR) is 53.6 cm³/mol. The van der Waals surface area contributed by atoms with Gasteiger partial charge in [-0.1, -0.05) is 13.3 Å². The maximum Gasteiger partial charge on any atom is 0.408 e. The molecule has 15 heavy (non-hydrogen) atoms. The molecule has 0 aromatic carbocycles. The average molecular weight is 215 g/mol. The number of amides is 1. The molecule has 1 rings (SSSR count). The van der Waals surface area contributed by atoms with Crippen molar-refractivity contribution in [1.82, 2.24) is 4.90 Å². The first-order valence-electron chi connectivity index (χ1n) is 5.20. The number of hydrogen-bond donors (Lipinski definition) is 1. The molecule has 5 nitrogen and oxygen atoms in total. The molecule has 0 aromatic heterocycles. The minimum Gasteiger partial charge on any atom is -0.467 e. The molecular formula is C10H17NO4. The summed E-state index contributed by atoms with van der Waals surface area (Å²) in [6.07, 6.45) is 2.02. The van der Waals surface area contributed by atoms with Gasteiger partial charge in [0.1, 0.15) is 6.04 Å². The van der Waals surface area contributed by atoms with Crippen LogP contribution in [0.15, 0.2) is 0 Å². The molecule has 1 saturated heterocycles.